The normalized spacial score (nSPS) is 15.6. The van der Waals surface area contributed by atoms with Crippen molar-refractivity contribution in [2.75, 3.05) is 31.9 Å². The highest BCUT2D eigenvalue weighted by molar-refractivity contribution is 8.01. The standard InChI is InChI=1S/C19H17ClFN3O3S3/c20-13-4-5-17-16(10-13)22-19(29-17)28-12-18(25)23-6-8-24(9-7-23)30(26,27)15-3-1-2-14(21)11-15/h1-5,10-11H,6-9,12H2. The summed E-state index contributed by atoms with van der Waals surface area (Å²) in [6.45, 7) is 0.941. The molecule has 0 bridgehead atoms. The number of rotatable bonds is 5. The average molecular weight is 486 g/mol. The van der Waals surface area contributed by atoms with Crippen molar-refractivity contribution in [3.63, 3.8) is 0 Å². The summed E-state index contributed by atoms with van der Waals surface area (Å²) in [5.74, 6) is -0.441. The first-order valence-electron chi connectivity index (χ1n) is 9.05. The van der Waals surface area contributed by atoms with E-state index in [-0.39, 0.29) is 29.6 Å². The fraction of sp³-hybridized carbons (Fsp3) is 0.263. The van der Waals surface area contributed by atoms with E-state index in [2.05, 4.69) is 4.98 Å². The number of hydrogen-bond donors (Lipinski definition) is 0. The van der Waals surface area contributed by atoms with Crippen molar-refractivity contribution in [2.45, 2.75) is 9.24 Å². The van der Waals surface area contributed by atoms with Gasteiger partial charge in [-0.15, -0.1) is 11.3 Å². The summed E-state index contributed by atoms with van der Waals surface area (Å²) in [6.07, 6.45) is 0. The molecule has 1 amide bonds. The molecule has 0 spiro atoms. The van der Waals surface area contributed by atoms with Crippen LogP contribution in [-0.4, -0.2) is 60.4 Å². The summed E-state index contributed by atoms with van der Waals surface area (Å²) in [5.41, 5.74) is 0.804. The van der Waals surface area contributed by atoms with E-state index >= 15 is 0 Å². The number of amides is 1. The molecule has 1 fully saturated rings. The summed E-state index contributed by atoms with van der Waals surface area (Å²) >= 11 is 8.84. The van der Waals surface area contributed by atoms with Gasteiger partial charge in [0.15, 0.2) is 4.34 Å². The molecule has 4 rings (SSSR count). The van der Waals surface area contributed by atoms with Gasteiger partial charge in [-0.1, -0.05) is 29.4 Å². The third-order valence-electron chi connectivity index (χ3n) is 4.67. The van der Waals surface area contributed by atoms with Crippen molar-refractivity contribution in [3.05, 3.63) is 53.3 Å². The third kappa shape index (κ3) is 4.62. The van der Waals surface area contributed by atoms with Gasteiger partial charge in [-0.05, 0) is 36.4 Å². The van der Waals surface area contributed by atoms with E-state index in [1.807, 2.05) is 6.07 Å². The molecular formula is C19H17ClFN3O3S3. The fourth-order valence-electron chi connectivity index (χ4n) is 3.11. The number of thiazole rings is 1. The van der Waals surface area contributed by atoms with Crippen LogP contribution in [0.15, 0.2) is 51.7 Å². The second-order valence-corrected chi connectivity index (χ2v) is 11.3. The van der Waals surface area contributed by atoms with Gasteiger partial charge < -0.3 is 4.90 Å². The molecular weight excluding hydrogens is 469 g/mol. The minimum atomic E-state index is -3.78. The van der Waals surface area contributed by atoms with Gasteiger partial charge in [0.25, 0.3) is 0 Å². The number of carbonyl (C=O) groups is 1. The Morgan fingerprint density at radius 3 is 2.67 bits per heavy atom. The lowest BCUT2D eigenvalue weighted by Gasteiger charge is -2.34. The first kappa shape index (κ1) is 21.5. The predicted octanol–water partition coefficient (Wildman–Crippen LogP) is 3.71. The molecule has 0 unspecified atom stereocenters. The van der Waals surface area contributed by atoms with Gasteiger partial charge in [0.1, 0.15) is 5.82 Å². The van der Waals surface area contributed by atoms with Gasteiger partial charge in [0, 0.05) is 31.2 Å². The fourth-order valence-corrected chi connectivity index (χ4v) is 6.68. The molecule has 1 aliphatic heterocycles. The highest BCUT2D eigenvalue weighted by Crippen LogP contribution is 2.31. The lowest BCUT2D eigenvalue weighted by Crippen LogP contribution is -2.50. The maximum Gasteiger partial charge on any atom is 0.243 e. The van der Waals surface area contributed by atoms with Gasteiger partial charge in [-0.3, -0.25) is 4.79 Å². The monoisotopic (exact) mass is 485 g/mol. The van der Waals surface area contributed by atoms with E-state index < -0.39 is 15.8 Å². The van der Waals surface area contributed by atoms with Crippen molar-refractivity contribution in [2.24, 2.45) is 0 Å². The van der Waals surface area contributed by atoms with Crippen molar-refractivity contribution in [1.82, 2.24) is 14.2 Å². The number of sulfonamides is 1. The average Bonchev–Trinajstić information content (AvgIpc) is 3.14. The molecule has 6 nitrogen and oxygen atoms in total. The zero-order valence-corrected chi connectivity index (χ0v) is 18.8. The molecule has 11 heteroatoms. The van der Waals surface area contributed by atoms with Gasteiger partial charge in [-0.25, -0.2) is 17.8 Å². The second-order valence-electron chi connectivity index (χ2n) is 6.62. The molecule has 1 aliphatic rings. The summed E-state index contributed by atoms with van der Waals surface area (Å²) in [4.78, 5) is 18.6. The molecule has 2 aromatic carbocycles. The minimum Gasteiger partial charge on any atom is -0.339 e. The highest BCUT2D eigenvalue weighted by atomic mass is 35.5. The van der Waals surface area contributed by atoms with Crippen molar-refractivity contribution >= 4 is 60.8 Å². The van der Waals surface area contributed by atoms with Crippen LogP contribution in [0, 0.1) is 5.82 Å². The highest BCUT2D eigenvalue weighted by Gasteiger charge is 2.30. The molecule has 0 radical (unpaired) electrons. The van der Waals surface area contributed by atoms with Crippen LogP contribution >= 0.6 is 34.7 Å². The Kier molecular flexibility index (Phi) is 6.31. The van der Waals surface area contributed by atoms with Crippen LogP contribution in [0.3, 0.4) is 0 Å². The van der Waals surface area contributed by atoms with Crippen LogP contribution in [0.5, 0.6) is 0 Å². The van der Waals surface area contributed by atoms with E-state index in [0.29, 0.717) is 18.1 Å². The molecule has 3 aromatic rings. The van der Waals surface area contributed by atoms with Crippen LogP contribution < -0.4 is 0 Å². The Hall–Kier alpha value is -1.72. The lowest BCUT2D eigenvalue weighted by molar-refractivity contribution is -0.129. The largest absolute Gasteiger partial charge is 0.339 e. The van der Waals surface area contributed by atoms with Gasteiger partial charge in [-0.2, -0.15) is 4.31 Å². The summed E-state index contributed by atoms with van der Waals surface area (Å²) < 4.78 is 41.8. The molecule has 1 aromatic heterocycles. The number of thioether (sulfide) groups is 1. The summed E-state index contributed by atoms with van der Waals surface area (Å²) in [5, 5.41) is 0.617. The number of fused-ring (bicyclic) bond motifs is 1. The van der Waals surface area contributed by atoms with Crippen LogP contribution in [-0.2, 0) is 14.8 Å². The number of carbonyl (C=O) groups excluding carboxylic acids is 1. The first-order valence-corrected chi connectivity index (χ1v) is 12.7. The molecule has 0 aliphatic carbocycles. The first-order chi connectivity index (χ1) is 14.3. The smallest absolute Gasteiger partial charge is 0.243 e. The molecule has 0 saturated carbocycles. The van der Waals surface area contributed by atoms with E-state index in [1.54, 1.807) is 17.0 Å². The Labute approximate surface area is 186 Å². The summed E-state index contributed by atoms with van der Waals surface area (Å²) in [7, 11) is -3.78. The van der Waals surface area contributed by atoms with E-state index in [9.17, 15) is 17.6 Å². The SMILES string of the molecule is O=C(CSc1nc2cc(Cl)ccc2s1)N1CCN(S(=O)(=O)c2cccc(F)c2)CC1. The Morgan fingerprint density at radius 2 is 1.93 bits per heavy atom. The zero-order valence-electron chi connectivity index (χ0n) is 15.6. The summed E-state index contributed by atoms with van der Waals surface area (Å²) in [6, 6.07) is 10.4. The van der Waals surface area contributed by atoms with Crippen LogP contribution in [0.4, 0.5) is 4.39 Å². The number of halogens is 2. The van der Waals surface area contributed by atoms with Crippen molar-refractivity contribution < 1.29 is 17.6 Å². The van der Waals surface area contributed by atoms with Crippen molar-refractivity contribution in [3.8, 4) is 0 Å². The Balaban J connectivity index is 1.33. The Morgan fingerprint density at radius 1 is 1.17 bits per heavy atom. The minimum absolute atomic E-state index is 0.0694. The van der Waals surface area contributed by atoms with Gasteiger partial charge in [0.2, 0.25) is 15.9 Å². The van der Waals surface area contributed by atoms with E-state index in [1.165, 1.54) is 45.6 Å². The van der Waals surface area contributed by atoms with Crippen molar-refractivity contribution in [1.29, 1.82) is 0 Å². The number of aromatic nitrogens is 1. The third-order valence-corrected chi connectivity index (χ3v) is 8.97. The molecule has 0 N–H and O–H groups in total. The second kappa shape index (κ2) is 8.80. The quantitative estimate of drug-likeness (QED) is 0.515. The number of benzene rings is 2. The number of hydrogen-bond acceptors (Lipinski definition) is 6. The number of nitrogens with zero attached hydrogens (tertiary/aromatic N) is 3. The predicted molar refractivity (Wildman–Crippen MR) is 117 cm³/mol. The van der Waals surface area contributed by atoms with E-state index in [4.69, 9.17) is 11.6 Å². The maximum atomic E-state index is 13.4. The molecule has 0 atom stereocenters. The lowest BCUT2D eigenvalue weighted by atomic mass is 10.3. The van der Waals surface area contributed by atoms with Crippen LogP contribution in [0.2, 0.25) is 5.02 Å². The van der Waals surface area contributed by atoms with Gasteiger partial charge >= 0.3 is 0 Å². The van der Waals surface area contributed by atoms with E-state index in [0.717, 1.165) is 20.6 Å². The Bertz CT molecular complexity index is 1190. The van der Waals surface area contributed by atoms with Crippen LogP contribution in [0.25, 0.3) is 10.2 Å². The van der Waals surface area contributed by atoms with Gasteiger partial charge in [0.05, 0.1) is 20.9 Å². The zero-order chi connectivity index (χ0) is 21.3. The van der Waals surface area contributed by atoms with Crippen LogP contribution in [0.1, 0.15) is 0 Å². The molecule has 30 heavy (non-hydrogen) atoms. The maximum absolute atomic E-state index is 13.4. The molecule has 158 valence electrons. The topological polar surface area (TPSA) is 70.6 Å². The number of piperazine rings is 1. The molecule has 2 heterocycles. The molecule has 1 saturated heterocycles.